The number of aryl methyl sites for hydroxylation is 2. The lowest BCUT2D eigenvalue weighted by atomic mass is 9.90. The fraction of sp³-hybridized carbons (Fsp3) is 0.440. The smallest absolute Gasteiger partial charge is 0.265 e. The molecule has 1 saturated carbocycles. The van der Waals surface area contributed by atoms with Gasteiger partial charge in [-0.15, -0.1) is 0 Å². The summed E-state index contributed by atoms with van der Waals surface area (Å²) in [6.45, 7) is 6.15. The second-order valence-electron chi connectivity index (χ2n) is 8.75. The molecule has 1 saturated heterocycles. The first-order valence-electron chi connectivity index (χ1n) is 11.1. The number of benzene rings is 2. The molecule has 0 amide bonds. The Morgan fingerprint density at radius 3 is 2.37 bits per heavy atom. The normalized spacial score (nSPS) is 18.5. The third-order valence-corrected chi connectivity index (χ3v) is 6.66. The minimum Gasteiger partial charge on any atom is -0.490 e. The van der Waals surface area contributed by atoms with Crippen molar-refractivity contribution in [2.45, 2.75) is 58.1 Å². The van der Waals surface area contributed by atoms with Crippen LogP contribution < -0.4 is 10.3 Å². The van der Waals surface area contributed by atoms with Crippen LogP contribution in [0.15, 0.2) is 47.3 Å². The van der Waals surface area contributed by atoms with E-state index in [1.54, 1.807) is 4.57 Å². The summed E-state index contributed by atoms with van der Waals surface area (Å²) in [6, 6.07) is 14.5. The van der Waals surface area contributed by atoms with Crippen LogP contribution in [0.1, 0.15) is 43.5 Å². The molecule has 0 bridgehead atoms. The Kier molecular flexibility index (Phi) is 5.07. The summed E-state index contributed by atoms with van der Waals surface area (Å²) in [5.74, 6) is 1.56. The molecule has 0 atom stereocenters. The Bertz CT molecular complexity index is 1110. The molecule has 30 heavy (non-hydrogen) atoms. The summed E-state index contributed by atoms with van der Waals surface area (Å²) < 4.78 is 7.93. The van der Waals surface area contributed by atoms with Gasteiger partial charge in [0, 0.05) is 19.1 Å². The van der Waals surface area contributed by atoms with E-state index in [4.69, 9.17) is 4.74 Å². The van der Waals surface area contributed by atoms with Crippen molar-refractivity contribution in [3.8, 4) is 11.4 Å². The van der Waals surface area contributed by atoms with Crippen LogP contribution in [0.5, 0.6) is 5.75 Å². The Morgan fingerprint density at radius 1 is 0.967 bits per heavy atom. The maximum atomic E-state index is 13.1. The van der Waals surface area contributed by atoms with Crippen molar-refractivity contribution in [3.05, 3.63) is 64.2 Å². The Balaban J connectivity index is 1.32. The molecular formula is C25H29N3O2. The number of hydrogen-bond acceptors (Lipinski definition) is 4. The first-order chi connectivity index (χ1) is 14.6. The summed E-state index contributed by atoms with van der Waals surface area (Å²) in [7, 11) is 0. The SMILES string of the molecule is Cc1ccc2nc(C)n(-c3ccc(OC4CCN(C5CCC5)CC4)cc3)c(=O)c2c1. The molecule has 2 heterocycles. The van der Waals surface area contributed by atoms with Gasteiger partial charge in [0.2, 0.25) is 0 Å². The van der Waals surface area contributed by atoms with E-state index in [2.05, 4.69) is 9.88 Å². The van der Waals surface area contributed by atoms with E-state index in [0.29, 0.717) is 11.2 Å². The first kappa shape index (κ1) is 19.3. The van der Waals surface area contributed by atoms with Crippen LogP contribution in [0.2, 0.25) is 0 Å². The number of rotatable bonds is 4. The van der Waals surface area contributed by atoms with Crippen LogP contribution in [0.25, 0.3) is 16.6 Å². The summed E-state index contributed by atoms with van der Waals surface area (Å²) in [5.41, 5.74) is 2.59. The lowest BCUT2D eigenvalue weighted by Gasteiger charge is -2.41. The molecule has 0 N–H and O–H groups in total. The van der Waals surface area contributed by atoms with Crippen molar-refractivity contribution >= 4 is 10.9 Å². The van der Waals surface area contributed by atoms with E-state index in [1.807, 2.05) is 56.3 Å². The van der Waals surface area contributed by atoms with E-state index in [-0.39, 0.29) is 11.7 Å². The molecule has 3 aromatic rings. The zero-order valence-corrected chi connectivity index (χ0v) is 17.8. The van der Waals surface area contributed by atoms with Gasteiger partial charge in [-0.2, -0.15) is 0 Å². The van der Waals surface area contributed by atoms with Crippen LogP contribution >= 0.6 is 0 Å². The van der Waals surface area contributed by atoms with Crippen LogP contribution in [-0.4, -0.2) is 39.7 Å². The molecule has 0 spiro atoms. The molecule has 1 aliphatic carbocycles. The number of fused-ring (bicyclic) bond motifs is 1. The monoisotopic (exact) mass is 403 g/mol. The standard InChI is InChI=1S/C25H29N3O2/c1-17-6-11-24-23(16-17)25(29)28(18(2)26-24)20-7-9-21(10-8-20)30-22-12-14-27(15-13-22)19-4-3-5-19/h6-11,16,19,22H,3-5,12-15H2,1-2H3. The van der Waals surface area contributed by atoms with Gasteiger partial charge in [0.1, 0.15) is 17.7 Å². The highest BCUT2D eigenvalue weighted by molar-refractivity contribution is 5.78. The van der Waals surface area contributed by atoms with E-state index < -0.39 is 0 Å². The molecule has 5 heteroatoms. The zero-order valence-electron chi connectivity index (χ0n) is 17.8. The fourth-order valence-electron chi connectivity index (χ4n) is 4.69. The van der Waals surface area contributed by atoms with Crippen molar-refractivity contribution in [1.82, 2.24) is 14.5 Å². The van der Waals surface area contributed by atoms with Gasteiger partial charge in [-0.1, -0.05) is 18.1 Å². The second-order valence-corrected chi connectivity index (χ2v) is 8.75. The molecule has 5 nitrogen and oxygen atoms in total. The van der Waals surface area contributed by atoms with Gasteiger partial charge in [0.05, 0.1) is 16.6 Å². The fourth-order valence-corrected chi connectivity index (χ4v) is 4.69. The van der Waals surface area contributed by atoms with Crippen molar-refractivity contribution < 1.29 is 4.74 Å². The van der Waals surface area contributed by atoms with E-state index in [1.165, 1.54) is 19.3 Å². The first-order valence-corrected chi connectivity index (χ1v) is 11.1. The van der Waals surface area contributed by atoms with Crippen molar-refractivity contribution in [1.29, 1.82) is 0 Å². The minimum atomic E-state index is -0.0294. The third kappa shape index (κ3) is 3.63. The Hall–Kier alpha value is -2.66. The van der Waals surface area contributed by atoms with Gasteiger partial charge in [0.15, 0.2) is 0 Å². The van der Waals surface area contributed by atoms with Gasteiger partial charge in [0.25, 0.3) is 5.56 Å². The maximum absolute atomic E-state index is 13.1. The molecular weight excluding hydrogens is 374 g/mol. The molecule has 1 aromatic heterocycles. The Labute approximate surface area is 177 Å². The predicted octanol–water partition coefficient (Wildman–Crippen LogP) is 4.40. The number of likely N-dealkylation sites (tertiary alicyclic amines) is 1. The maximum Gasteiger partial charge on any atom is 0.265 e. The van der Waals surface area contributed by atoms with Gasteiger partial charge in [-0.25, -0.2) is 4.98 Å². The second kappa shape index (κ2) is 7.88. The molecule has 2 fully saturated rings. The van der Waals surface area contributed by atoms with Crippen LogP contribution in [0, 0.1) is 13.8 Å². The number of piperidine rings is 1. The topological polar surface area (TPSA) is 47.4 Å². The van der Waals surface area contributed by atoms with Crippen LogP contribution in [0.3, 0.4) is 0 Å². The molecule has 5 rings (SSSR count). The number of hydrogen-bond donors (Lipinski definition) is 0. The predicted molar refractivity (Wildman–Crippen MR) is 120 cm³/mol. The number of ether oxygens (including phenoxy) is 1. The summed E-state index contributed by atoms with van der Waals surface area (Å²) in [5, 5.41) is 0.652. The van der Waals surface area contributed by atoms with Crippen molar-refractivity contribution in [3.63, 3.8) is 0 Å². The highest BCUT2D eigenvalue weighted by Crippen LogP contribution is 2.28. The lowest BCUT2D eigenvalue weighted by molar-refractivity contribution is 0.0493. The average molecular weight is 404 g/mol. The number of nitrogens with zero attached hydrogens (tertiary/aromatic N) is 3. The number of aromatic nitrogens is 2. The van der Waals surface area contributed by atoms with E-state index >= 15 is 0 Å². The van der Waals surface area contributed by atoms with E-state index in [0.717, 1.165) is 54.5 Å². The van der Waals surface area contributed by atoms with Gasteiger partial charge >= 0.3 is 0 Å². The summed E-state index contributed by atoms with van der Waals surface area (Å²) in [4.78, 5) is 20.4. The molecule has 2 aromatic carbocycles. The van der Waals surface area contributed by atoms with Crippen LogP contribution in [0.4, 0.5) is 0 Å². The molecule has 0 unspecified atom stereocenters. The minimum absolute atomic E-state index is 0.0294. The van der Waals surface area contributed by atoms with E-state index in [9.17, 15) is 4.79 Å². The molecule has 156 valence electrons. The van der Waals surface area contributed by atoms with Gasteiger partial charge < -0.3 is 9.64 Å². The average Bonchev–Trinajstić information content (AvgIpc) is 2.70. The molecule has 0 radical (unpaired) electrons. The van der Waals surface area contributed by atoms with Crippen molar-refractivity contribution in [2.75, 3.05) is 13.1 Å². The lowest BCUT2D eigenvalue weighted by Crippen LogP contribution is -2.46. The highest BCUT2D eigenvalue weighted by Gasteiger charge is 2.29. The van der Waals surface area contributed by atoms with Gasteiger partial charge in [-0.05, 0) is 75.9 Å². The molecule has 2 aliphatic rings. The van der Waals surface area contributed by atoms with Crippen molar-refractivity contribution in [2.24, 2.45) is 0 Å². The summed E-state index contributed by atoms with van der Waals surface area (Å²) >= 11 is 0. The Morgan fingerprint density at radius 2 is 1.70 bits per heavy atom. The largest absolute Gasteiger partial charge is 0.490 e. The summed E-state index contributed by atoms with van der Waals surface area (Å²) in [6.07, 6.45) is 6.59. The highest BCUT2D eigenvalue weighted by atomic mass is 16.5. The zero-order chi connectivity index (χ0) is 20.7. The van der Waals surface area contributed by atoms with Gasteiger partial charge in [-0.3, -0.25) is 9.36 Å². The third-order valence-electron chi connectivity index (χ3n) is 6.66. The van der Waals surface area contributed by atoms with Crippen LogP contribution in [-0.2, 0) is 0 Å². The quantitative estimate of drug-likeness (QED) is 0.648. The molecule has 1 aliphatic heterocycles.